The van der Waals surface area contributed by atoms with Crippen molar-refractivity contribution in [2.75, 3.05) is 25.0 Å². The lowest BCUT2D eigenvalue weighted by Crippen LogP contribution is -2.34. The molecule has 2 rings (SSSR count). The lowest BCUT2D eigenvalue weighted by molar-refractivity contribution is -0.128. The van der Waals surface area contributed by atoms with Gasteiger partial charge < -0.3 is 15.2 Å². The maximum Gasteiger partial charge on any atom is 0.290 e. The molecule has 1 fully saturated rings. The Balaban J connectivity index is 1.90. The molecule has 0 bridgehead atoms. The number of aromatic amines is 1. The Labute approximate surface area is 92.7 Å². The van der Waals surface area contributed by atoms with Gasteiger partial charge in [-0.15, -0.1) is 0 Å². The molecule has 6 heteroatoms. The average Bonchev–Trinajstić information content (AvgIpc) is 2.81. The highest BCUT2D eigenvalue weighted by Crippen LogP contribution is 2.07. The maximum atomic E-state index is 11.7. The van der Waals surface area contributed by atoms with E-state index in [0.717, 1.165) is 25.9 Å². The smallest absolute Gasteiger partial charge is 0.290 e. The van der Waals surface area contributed by atoms with Crippen LogP contribution in [0.25, 0.3) is 0 Å². The van der Waals surface area contributed by atoms with Crippen LogP contribution in [0, 0.1) is 0 Å². The van der Waals surface area contributed by atoms with Crippen LogP contribution in [-0.2, 0) is 4.79 Å². The summed E-state index contributed by atoms with van der Waals surface area (Å²) in [5.41, 5.74) is -0.309. The van der Waals surface area contributed by atoms with E-state index in [0.29, 0.717) is 0 Å². The van der Waals surface area contributed by atoms with Crippen molar-refractivity contribution in [1.82, 2.24) is 14.9 Å². The van der Waals surface area contributed by atoms with Gasteiger partial charge >= 0.3 is 0 Å². The van der Waals surface area contributed by atoms with Gasteiger partial charge in [-0.2, -0.15) is 0 Å². The standard InChI is InChI=1S/C10H14N4O2/c15-8(14-5-1-2-6-14)7-13-9-10(16)12-4-3-11-9/h3-4H,1-2,5-7H2,(H,11,13)(H,12,16). The second-order valence-corrected chi connectivity index (χ2v) is 3.71. The van der Waals surface area contributed by atoms with Gasteiger partial charge in [-0.25, -0.2) is 4.98 Å². The fraction of sp³-hybridized carbons (Fsp3) is 0.500. The van der Waals surface area contributed by atoms with Gasteiger partial charge in [0, 0.05) is 25.5 Å². The number of amides is 1. The van der Waals surface area contributed by atoms with E-state index in [2.05, 4.69) is 15.3 Å². The minimum absolute atomic E-state index is 0.0163. The molecule has 0 aliphatic carbocycles. The van der Waals surface area contributed by atoms with Crippen molar-refractivity contribution in [2.24, 2.45) is 0 Å². The van der Waals surface area contributed by atoms with Gasteiger partial charge in [0.15, 0.2) is 5.82 Å². The number of hydrogen-bond donors (Lipinski definition) is 2. The third-order valence-electron chi connectivity index (χ3n) is 2.57. The molecule has 1 aliphatic rings. The van der Waals surface area contributed by atoms with Crippen molar-refractivity contribution in [2.45, 2.75) is 12.8 Å². The molecule has 0 atom stereocenters. The van der Waals surface area contributed by atoms with Gasteiger partial charge in [-0.1, -0.05) is 0 Å². The van der Waals surface area contributed by atoms with Crippen LogP contribution in [0.1, 0.15) is 12.8 Å². The summed E-state index contributed by atoms with van der Waals surface area (Å²) in [7, 11) is 0. The third-order valence-corrected chi connectivity index (χ3v) is 2.57. The van der Waals surface area contributed by atoms with Crippen LogP contribution in [0.5, 0.6) is 0 Å². The Kier molecular flexibility index (Phi) is 3.19. The fourth-order valence-corrected chi connectivity index (χ4v) is 1.72. The summed E-state index contributed by atoms with van der Waals surface area (Å²) in [4.78, 5) is 31.0. The summed E-state index contributed by atoms with van der Waals surface area (Å²) in [5, 5.41) is 2.74. The van der Waals surface area contributed by atoms with Crippen molar-refractivity contribution in [3.05, 3.63) is 22.7 Å². The second-order valence-electron chi connectivity index (χ2n) is 3.71. The number of nitrogens with one attached hydrogen (secondary N) is 2. The monoisotopic (exact) mass is 222 g/mol. The van der Waals surface area contributed by atoms with Crippen LogP contribution in [0.15, 0.2) is 17.2 Å². The zero-order valence-electron chi connectivity index (χ0n) is 8.90. The molecule has 1 aromatic heterocycles. The van der Waals surface area contributed by atoms with Crippen molar-refractivity contribution in [3.8, 4) is 0 Å². The third kappa shape index (κ3) is 2.39. The Morgan fingerprint density at radius 1 is 1.50 bits per heavy atom. The van der Waals surface area contributed by atoms with Gasteiger partial charge in [0.2, 0.25) is 5.91 Å². The molecule has 1 saturated heterocycles. The van der Waals surface area contributed by atoms with E-state index in [-0.39, 0.29) is 23.8 Å². The van der Waals surface area contributed by atoms with Crippen LogP contribution in [-0.4, -0.2) is 40.4 Å². The quantitative estimate of drug-likeness (QED) is 0.742. The summed E-state index contributed by atoms with van der Waals surface area (Å²) < 4.78 is 0. The van der Waals surface area contributed by atoms with Crippen molar-refractivity contribution >= 4 is 11.7 Å². The van der Waals surface area contributed by atoms with E-state index in [1.807, 2.05) is 0 Å². The Hall–Kier alpha value is -1.85. The van der Waals surface area contributed by atoms with Crippen molar-refractivity contribution < 1.29 is 4.79 Å². The van der Waals surface area contributed by atoms with Crippen LogP contribution >= 0.6 is 0 Å². The number of carbonyl (C=O) groups excluding carboxylic acids is 1. The number of H-pyrrole nitrogens is 1. The fourth-order valence-electron chi connectivity index (χ4n) is 1.72. The molecule has 86 valence electrons. The molecule has 2 N–H and O–H groups in total. The number of anilines is 1. The van der Waals surface area contributed by atoms with Crippen molar-refractivity contribution in [3.63, 3.8) is 0 Å². The molecular weight excluding hydrogens is 208 g/mol. The number of likely N-dealkylation sites (tertiary alicyclic amines) is 1. The number of hydrogen-bond acceptors (Lipinski definition) is 4. The molecule has 16 heavy (non-hydrogen) atoms. The Bertz CT molecular complexity index is 423. The molecule has 0 spiro atoms. The molecule has 0 aromatic carbocycles. The summed E-state index contributed by atoms with van der Waals surface area (Å²) in [6.07, 6.45) is 5.06. The predicted molar refractivity (Wildman–Crippen MR) is 59.2 cm³/mol. The Morgan fingerprint density at radius 3 is 2.94 bits per heavy atom. The zero-order valence-corrected chi connectivity index (χ0v) is 8.90. The van der Waals surface area contributed by atoms with Crippen LogP contribution < -0.4 is 10.9 Å². The zero-order chi connectivity index (χ0) is 11.4. The van der Waals surface area contributed by atoms with Crippen molar-refractivity contribution in [1.29, 1.82) is 0 Å². The topological polar surface area (TPSA) is 78.1 Å². The van der Waals surface area contributed by atoms with Gasteiger partial charge in [-0.3, -0.25) is 9.59 Å². The summed E-state index contributed by atoms with van der Waals surface area (Å²) in [6, 6.07) is 0. The molecule has 0 saturated carbocycles. The first-order valence-corrected chi connectivity index (χ1v) is 5.33. The first kappa shape index (κ1) is 10.7. The first-order valence-electron chi connectivity index (χ1n) is 5.33. The van der Waals surface area contributed by atoms with E-state index in [1.54, 1.807) is 4.90 Å². The number of carbonyl (C=O) groups is 1. The van der Waals surface area contributed by atoms with Gasteiger partial charge in [0.25, 0.3) is 5.56 Å². The van der Waals surface area contributed by atoms with Gasteiger partial charge in [0.05, 0.1) is 6.54 Å². The predicted octanol–water partition coefficient (Wildman–Crippen LogP) is -0.196. The largest absolute Gasteiger partial charge is 0.356 e. The van der Waals surface area contributed by atoms with E-state index in [4.69, 9.17) is 0 Å². The first-order chi connectivity index (χ1) is 7.77. The molecule has 1 amide bonds. The second kappa shape index (κ2) is 4.78. The highest BCUT2D eigenvalue weighted by atomic mass is 16.2. The Morgan fingerprint density at radius 2 is 2.25 bits per heavy atom. The molecule has 0 unspecified atom stereocenters. The summed E-state index contributed by atoms with van der Waals surface area (Å²) in [6.45, 7) is 1.76. The average molecular weight is 222 g/mol. The van der Waals surface area contributed by atoms with Crippen LogP contribution in [0.3, 0.4) is 0 Å². The lowest BCUT2D eigenvalue weighted by atomic mass is 10.4. The molecular formula is C10H14N4O2. The normalized spacial score (nSPS) is 15.1. The minimum Gasteiger partial charge on any atom is -0.356 e. The number of nitrogens with zero attached hydrogens (tertiary/aromatic N) is 2. The van der Waals surface area contributed by atoms with E-state index < -0.39 is 0 Å². The molecule has 1 aromatic rings. The van der Waals surface area contributed by atoms with Crippen LogP contribution in [0.4, 0.5) is 5.82 Å². The van der Waals surface area contributed by atoms with E-state index in [1.165, 1.54) is 12.4 Å². The lowest BCUT2D eigenvalue weighted by Gasteiger charge is -2.15. The maximum absolute atomic E-state index is 11.7. The van der Waals surface area contributed by atoms with Crippen LogP contribution in [0.2, 0.25) is 0 Å². The number of rotatable bonds is 3. The summed E-state index contributed by atoms with van der Waals surface area (Å²) >= 11 is 0. The molecule has 1 aliphatic heterocycles. The minimum atomic E-state index is -0.309. The summed E-state index contributed by atoms with van der Waals surface area (Å²) in [5.74, 6) is 0.206. The SMILES string of the molecule is O=C(CNc1ncc[nH]c1=O)N1CCCC1. The van der Waals surface area contributed by atoms with E-state index in [9.17, 15) is 9.59 Å². The molecule has 2 heterocycles. The van der Waals surface area contributed by atoms with Gasteiger partial charge in [0.1, 0.15) is 0 Å². The highest BCUT2D eigenvalue weighted by molar-refractivity contribution is 5.80. The molecule has 0 radical (unpaired) electrons. The van der Waals surface area contributed by atoms with Gasteiger partial charge in [-0.05, 0) is 12.8 Å². The molecule has 6 nitrogen and oxygen atoms in total. The van der Waals surface area contributed by atoms with E-state index >= 15 is 0 Å². The highest BCUT2D eigenvalue weighted by Gasteiger charge is 2.17. The number of aromatic nitrogens is 2.